The number of guanidine groups is 1. The minimum absolute atomic E-state index is 0. The number of halogens is 3. The highest BCUT2D eigenvalue weighted by Crippen LogP contribution is 2.44. The summed E-state index contributed by atoms with van der Waals surface area (Å²) >= 11 is 6.12. The normalized spacial score (nSPS) is 19.3. The van der Waals surface area contributed by atoms with Crippen molar-refractivity contribution in [3.63, 3.8) is 0 Å². The first kappa shape index (κ1) is 22.4. The molecule has 0 aromatic heterocycles. The van der Waals surface area contributed by atoms with Gasteiger partial charge in [0.05, 0.1) is 13.2 Å². The van der Waals surface area contributed by atoms with E-state index >= 15 is 0 Å². The molecule has 0 spiro atoms. The third kappa shape index (κ3) is 7.24. The molecule has 25 heavy (non-hydrogen) atoms. The van der Waals surface area contributed by atoms with Crippen LogP contribution >= 0.6 is 35.6 Å². The molecule has 0 bridgehead atoms. The molecule has 0 aliphatic heterocycles. The predicted octanol–water partition coefficient (Wildman–Crippen LogP) is 3.17. The Morgan fingerprint density at radius 3 is 2.84 bits per heavy atom. The summed E-state index contributed by atoms with van der Waals surface area (Å²) in [6.07, 6.45) is 1.72. The lowest BCUT2D eigenvalue weighted by atomic mass is 10.1. The van der Waals surface area contributed by atoms with Crippen LogP contribution in [0, 0.1) is 5.82 Å². The van der Waals surface area contributed by atoms with Gasteiger partial charge < -0.3 is 20.1 Å². The third-order valence-corrected chi connectivity index (χ3v) is 4.23. The molecule has 1 aromatic carbocycles. The predicted molar refractivity (Wildman–Crippen MR) is 110 cm³/mol. The molecule has 1 aromatic rings. The molecule has 1 aliphatic rings. The van der Waals surface area contributed by atoms with Gasteiger partial charge in [0.15, 0.2) is 5.96 Å². The molecule has 2 atom stereocenters. The fraction of sp³-hybridized carbons (Fsp3) is 0.588. The van der Waals surface area contributed by atoms with E-state index in [1.165, 1.54) is 6.07 Å². The third-order valence-electron chi connectivity index (χ3n) is 3.90. The number of aliphatic imine (C=N–C) groups is 1. The second-order valence-corrected chi connectivity index (χ2v) is 6.09. The quantitative estimate of drug-likeness (QED) is 0.244. The van der Waals surface area contributed by atoms with Crippen LogP contribution in [0.4, 0.5) is 4.39 Å². The number of nitrogens with zero attached hydrogens (tertiary/aromatic N) is 1. The highest BCUT2D eigenvalue weighted by atomic mass is 127. The zero-order valence-electron chi connectivity index (χ0n) is 14.6. The van der Waals surface area contributed by atoms with Gasteiger partial charge in [0, 0.05) is 49.9 Å². The zero-order chi connectivity index (χ0) is 17.4. The Morgan fingerprint density at radius 2 is 2.16 bits per heavy atom. The van der Waals surface area contributed by atoms with Gasteiger partial charge >= 0.3 is 0 Å². The van der Waals surface area contributed by atoms with Gasteiger partial charge in [-0.3, -0.25) is 4.99 Å². The summed E-state index contributed by atoms with van der Waals surface area (Å²) < 4.78 is 24.2. The molecule has 1 fully saturated rings. The van der Waals surface area contributed by atoms with Crippen molar-refractivity contribution in [2.75, 3.05) is 40.5 Å². The Hall–Kier alpha value is -0.640. The lowest BCUT2D eigenvalue weighted by molar-refractivity contribution is 0.0698. The summed E-state index contributed by atoms with van der Waals surface area (Å²) in [6, 6.07) is 4.96. The molecule has 1 saturated carbocycles. The van der Waals surface area contributed by atoms with Crippen molar-refractivity contribution in [1.82, 2.24) is 10.6 Å². The monoisotopic (exact) mass is 485 g/mol. The minimum Gasteiger partial charge on any atom is -0.382 e. The van der Waals surface area contributed by atoms with Gasteiger partial charge in [-0.15, -0.1) is 24.0 Å². The van der Waals surface area contributed by atoms with E-state index in [2.05, 4.69) is 15.6 Å². The molecule has 0 amide bonds. The Kier molecular flexibility index (Phi) is 10.6. The molecule has 142 valence electrons. The SMILES string of the molecule is CN=C(NCCCOCCOC)NC1CC1c1c(F)cccc1Cl.I. The summed E-state index contributed by atoms with van der Waals surface area (Å²) in [7, 11) is 3.37. The van der Waals surface area contributed by atoms with Gasteiger partial charge in [0.25, 0.3) is 0 Å². The lowest BCUT2D eigenvalue weighted by Gasteiger charge is -2.12. The first-order valence-corrected chi connectivity index (χ1v) is 8.53. The first-order valence-electron chi connectivity index (χ1n) is 8.15. The maximum Gasteiger partial charge on any atom is 0.191 e. The average Bonchev–Trinajstić information content (AvgIpc) is 3.31. The van der Waals surface area contributed by atoms with E-state index < -0.39 is 0 Å². The van der Waals surface area contributed by atoms with Crippen molar-refractivity contribution >= 4 is 41.5 Å². The molecule has 8 heteroatoms. The standard InChI is InChI=1S/C17H25ClFN3O2.HI/c1-20-17(21-7-4-8-24-10-9-23-2)22-15-11-12(15)16-13(18)5-3-6-14(16)19;/h3,5-6,12,15H,4,7-11H2,1-2H3,(H2,20,21,22);1H. The van der Waals surface area contributed by atoms with E-state index in [9.17, 15) is 4.39 Å². The van der Waals surface area contributed by atoms with Crippen molar-refractivity contribution in [1.29, 1.82) is 0 Å². The average molecular weight is 486 g/mol. The lowest BCUT2D eigenvalue weighted by Crippen LogP contribution is -2.39. The van der Waals surface area contributed by atoms with E-state index in [0.717, 1.165) is 19.4 Å². The van der Waals surface area contributed by atoms with E-state index in [1.54, 1.807) is 26.3 Å². The van der Waals surface area contributed by atoms with Crippen LogP contribution in [0.3, 0.4) is 0 Å². The topological polar surface area (TPSA) is 54.9 Å². The molecule has 0 heterocycles. The van der Waals surface area contributed by atoms with Gasteiger partial charge in [-0.1, -0.05) is 17.7 Å². The van der Waals surface area contributed by atoms with Crippen molar-refractivity contribution in [2.24, 2.45) is 4.99 Å². The van der Waals surface area contributed by atoms with Crippen molar-refractivity contribution in [2.45, 2.75) is 24.8 Å². The van der Waals surface area contributed by atoms with Crippen LogP contribution in [0.25, 0.3) is 0 Å². The highest BCUT2D eigenvalue weighted by molar-refractivity contribution is 14.0. The zero-order valence-corrected chi connectivity index (χ0v) is 17.6. The molecule has 2 N–H and O–H groups in total. The first-order chi connectivity index (χ1) is 11.7. The summed E-state index contributed by atoms with van der Waals surface area (Å²) in [5, 5.41) is 7.03. The number of benzene rings is 1. The van der Waals surface area contributed by atoms with Crippen LogP contribution in [0.15, 0.2) is 23.2 Å². The van der Waals surface area contributed by atoms with Crippen LogP contribution in [0.5, 0.6) is 0 Å². The van der Waals surface area contributed by atoms with Crippen molar-refractivity contribution < 1.29 is 13.9 Å². The molecule has 5 nitrogen and oxygen atoms in total. The van der Waals surface area contributed by atoms with E-state index in [0.29, 0.717) is 36.4 Å². The number of methoxy groups -OCH3 is 1. The summed E-state index contributed by atoms with van der Waals surface area (Å²) in [5.74, 6) is 0.564. The van der Waals surface area contributed by atoms with Gasteiger partial charge in [0.2, 0.25) is 0 Å². The smallest absolute Gasteiger partial charge is 0.191 e. The summed E-state index contributed by atoms with van der Waals surface area (Å²) in [5.41, 5.74) is 0.596. The maximum absolute atomic E-state index is 13.9. The van der Waals surface area contributed by atoms with Gasteiger partial charge in [-0.05, 0) is 25.0 Å². The van der Waals surface area contributed by atoms with Crippen LogP contribution < -0.4 is 10.6 Å². The van der Waals surface area contributed by atoms with Gasteiger partial charge in [-0.25, -0.2) is 4.39 Å². The summed E-state index contributed by atoms with van der Waals surface area (Å²) in [4.78, 5) is 4.20. The van der Waals surface area contributed by atoms with E-state index in [4.69, 9.17) is 21.1 Å². The van der Waals surface area contributed by atoms with Crippen molar-refractivity contribution in [3.05, 3.63) is 34.6 Å². The van der Waals surface area contributed by atoms with E-state index in [1.807, 2.05) is 0 Å². The van der Waals surface area contributed by atoms with Crippen LogP contribution in [-0.2, 0) is 9.47 Å². The van der Waals surface area contributed by atoms with Crippen LogP contribution in [0.1, 0.15) is 24.3 Å². The number of hydrogen-bond acceptors (Lipinski definition) is 3. The van der Waals surface area contributed by atoms with Crippen LogP contribution in [0.2, 0.25) is 5.02 Å². The molecule has 1 aliphatic carbocycles. The number of nitrogens with one attached hydrogen (secondary N) is 2. The maximum atomic E-state index is 13.9. The fourth-order valence-corrected chi connectivity index (χ4v) is 2.84. The number of ether oxygens (including phenoxy) is 2. The largest absolute Gasteiger partial charge is 0.382 e. The molecule has 0 saturated heterocycles. The fourth-order valence-electron chi connectivity index (χ4n) is 2.53. The molecular weight excluding hydrogens is 460 g/mol. The number of rotatable bonds is 9. The Bertz CT molecular complexity index is 542. The second kappa shape index (κ2) is 11.9. The molecule has 2 unspecified atom stereocenters. The Labute approximate surface area is 170 Å². The molecule has 0 radical (unpaired) electrons. The Balaban J connectivity index is 0.00000312. The number of hydrogen-bond donors (Lipinski definition) is 2. The van der Waals surface area contributed by atoms with Crippen molar-refractivity contribution in [3.8, 4) is 0 Å². The molecular formula is C17H26ClFIN3O2. The highest BCUT2D eigenvalue weighted by Gasteiger charge is 2.41. The Morgan fingerprint density at radius 1 is 1.36 bits per heavy atom. The minimum atomic E-state index is -0.243. The van der Waals surface area contributed by atoms with E-state index in [-0.39, 0.29) is 41.8 Å². The van der Waals surface area contributed by atoms with Gasteiger partial charge in [0.1, 0.15) is 5.82 Å². The molecule has 2 rings (SSSR count). The van der Waals surface area contributed by atoms with Crippen LogP contribution in [-0.4, -0.2) is 52.5 Å². The van der Waals surface area contributed by atoms with Gasteiger partial charge in [-0.2, -0.15) is 0 Å². The summed E-state index contributed by atoms with van der Waals surface area (Å²) in [6.45, 7) is 2.64. The second-order valence-electron chi connectivity index (χ2n) is 5.69.